The molecular formula is C14H13N5OS4. The Bertz CT molecular complexity index is 906. The molecule has 24 heavy (non-hydrogen) atoms. The standard InChI is InChI=1S/C14H13N5OS4/c15-9(20)5-21-13-18-19-14(24-13)23-12-10-7-3-1-2-4-8(7)22-11(10)16-6-17-12/h6H,1-5H2,(H2,15,20). The van der Waals surface area contributed by atoms with Gasteiger partial charge in [0.15, 0.2) is 8.68 Å². The fourth-order valence-electron chi connectivity index (χ4n) is 2.65. The zero-order chi connectivity index (χ0) is 16.5. The normalized spacial score (nSPS) is 14.0. The molecule has 10 heteroatoms. The number of hydrogen-bond acceptors (Lipinski definition) is 9. The molecule has 1 amide bonds. The molecule has 0 bridgehead atoms. The summed E-state index contributed by atoms with van der Waals surface area (Å²) in [6.45, 7) is 0. The summed E-state index contributed by atoms with van der Waals surface area (Å²) in [5.74, 6) is -0.137. The van der Waals surface area contributed by atoms with Gasteiger partial charge in [0.25, 0.3) is 0 Å². The van der Waals surface area contributed by atoms with Crippen LogP contribution in [0.3, 0.4) is 0 Å². The monoisotopic (exact) mass is 395 g/mol. The number of aromatic nitrogens is 4. The Hall–Kier alpha value is -1.23. The van der Waals surface area contributed by atoms with E-state index in [1.165, 1.54) is 63.5 Å². The van der Waals surface area contributed by atoms with Crippen LogP contribution in [0.5, 0.6) is 0 Å². The zero-order valence-electron chi connectivity index (χ0n) is 12.5. The maximum Gasteiger partial charge on any atom is 0.227 e. The van der Waals surface area contributed by atoms with Crippen molar-refractivity contribution in [3.05, 3.63) is 16.8 Å². The van der Waals surface area contributed by atoms with Gasteiger partial charge in [0, 0.05) is 10.3 Å². The number of primary amides is 1. The lowest BCUT2D eigenvalue weighted by molar-refractivity contribution is -0.115. The number of hydrogen-bond donors (Lipinski definition) is 1. The molecule has 0 spiro atoms. The van der Waals surface area contributed by atoms with Gasteiger partial charge in [-0.05, 0) is 43.0 Å². The third kappa shape index (κ3) is 3.28. The van der Waals surface area contributed by atoms with Gasteiger partial charge in [0.05, 0.1) is 5.75 Å². The molecule has 0 fully saturated rings. The SMILES string of the molecule is NC(=O)CSc1nnc(Sc2ncnc3sc4c(c23)CCCC4)s1. The summed E-state index contributed by atoms with van der Waals surface area (Å²) in [4.78, 5) is 22.3. The van der Waals surface area contributed by atoms with Crippen LogP contribution in [0.4, 0.5) is 0 Å². The lowest BCUT2D eigenvalue weighted by atomic mass is 9.97. The predicted octanol–water partition coefficient (Wildman–Crippen LogP) is 3.15. The molecular weight excluding hydrogens is 382 g/mol. The average Bonchev–Trinajstić information content (AvgIpc) is 3.17. The first-order valence-corrected chi connectivity index (χ1v) is 10.8. The first kappa shape index (κ1) is 16.2. The molecule has 0 aliphatic heterocycles. The van der Waals surface area contributed by atoms with E-state index in [2.05, 4.69) is 20.2 Å². The Morgan fingerprint density at radius 2 is 2.00 bits per heavy atom. The average molecular weight is 396 g/mol. The van der Waals surface area contributed by atoms with Crippen molar-refractivity contribution in [1.82, 2.24) is 20.2 Å². The van der Waals surface area contributed by atoms with Crippen LogP contribution in [-0.4, -0.2) is 31.8 Å². The van der Waals surface area contributed by atoms with E-state index in [9.17, 15) is 4.79 Å². The highest BCUT2D eigenvalue weighted by atomic mass is 32.2. The quantitative estimate of drug-likeness (QED) is 0.524. The summed E-state index contributed by atoms with van der Waals surface area (Å²) in [6.07, 6.45) is 6.35. The molecule has 3 aromatic rings. The minimum Gasteiger partial charge on any atom is -0.369 e. The van der Waals surface area contributed by atoms with Crippen molar-refractivity contribution in [3.63, 3.8) is 0 Å². The maximum atomic E-state index is 10.9. The second-order valence-electron chi connectivity index (χ2n) is 5.26. The summed E-state index contributed by atoms with van der Waals surface area (Å²) in [5.41, 5.74) is 6.58. The number of rotatable bonds is 5. The van der Waals surface area contributed by atoms with Crippen molar-refractivity contribution in [1.29, 1.82) is 0 Å². The van der Waals surface area contributed by atoms with Crippen LogP contribution in [0, 0.1) is 0 Å². The smallest absolute Gasteiger partial charge is 0.227 e. The van der Waals surface area contributed by atoms with Gasteiger partial charge < -0.3 is 5.73 Å². The fraction of sp³-hybridized carbons (Fsp3) is 0.357. The van der Waals surface area contributed by atoms with E-state index in [4.69, 9.17) is 5.73 Å². The minimum atomic E-state index is -0.355. The van der Waals surface area contributed by atoms with Crippen LogP contribution < -0.4 is 5.73 Å². The van der Waals surface area contributed by atoms with Crippen LogP contribution in [0.25, 0.3) is 10.2 Å². The second-order valence-corrected chi connectivity index (χ2v) is 9.78. The van der Waals surface area contributed by atoms with E-state index in [-0.39, 0.29) is 11.7 Å². The Kier molecular flexibility index (Phi) is 4.70. The molecule has 3 aromatic heterocycles. The van der Waals surface area contributed by atoms with Crippen molar-refractivity contribution in [2.75, 3.05) is 5.75 Å². The number of amides is 1. The minimum absolute atomic E-state index is 0.217. The molecule has 2 N–H and O–H groups in total. The van der Waals surface area contributed by atoms with Crippen LogP contribution >= 0.6 is 46.2 Å². The maximum absolute atomic E-state index is 10.9. The Morgan fingerprint density at radius 1 is 1.17 bits per heavy atom. The molecule has 0 atom stereocenters. The number of nitrogens with two attached hydrogens (primary N) is 1. The highest BCUT2D eigenvalue weighted by Crippen LogP contribution is 2.42. The van der Waals surface area contributed by atoms with Crippen molar-refractivity contribution in [2.24, 2.45) is 5.73 Å². The molecule has 0 radical (unpaired) electrons. The van der Waals surface area contributed by atoms with E-state index in [0.717, 1.165) is 31.4 Å². The van der Waals surface area contributed by atoms with Gasteiger partial charge in [-0.25, -0.2) is 9.97 Å². The van der Waals surface area contributed by atoms with Gasteiger partial charge in [0.1, 0.15) is 16.2 Å². The van der Waals surface area contributed by atoms with Gasteiger partial charge >= 0.3 is 0 Å². The van der Waals surface area contributed by atoms with Crippen molar-refractivity contribution in [3.8, 4) is 0 Å². The molecule has 0 aromatic carbocycles. The van der Waals surface area contributed by atoms with Crippen LogP contribution in [0.15, 0.2) is 20.0 Å². The van der Waals surface area contributed by atoms with E-state index in [1.807, 2.05) is 0 Å². The van der Waals surface area contributed by atoms with Gasteiger partial charge in [-0.15, -0.1) is 21.5 Å². The zero-order valence-corrected chi connectivity index (χ0v) is 15.8. The summed E-state index contributed by atoms with van der Waals surface area (Å²) in [7, 11) is 0. The number of thiophene rings is 1. The van der Waals surface area contributed by atoms with Crippen molar-refractivity contribution < 1.29 is 4.79 Å². The first-order valence-electron chi connectivity index (χ1n) is 7.38. The predicted molar refractivity (Wildman–Crippen MR) is 98.0 cm³/mol. The number of nitrogens with zero attached hydrogens (tertiary/aromatic N) is 4. The van der Waals surface area contributed by atoms with Crippen LogP contribution in [-0.2, 0) is 17.6 Å². The molecule has 6 nitrogen and oxygen atoms in total. The summed E-state index contributed by atoms with van der Waals surface area (Å²) >= 11 is 6.08. The Morgan fingerprint density at radius 3 is 2.88 bits per heavy atom. The van der Waals surface area contributed by atoms with E-state index in [1.54, 1.807) is 17.7 Å². The molecule has 3 heterocycles. The number of aryl methyl sites for hydroxylation is 2. The van der Waals surface area contributed by atoms with Gasteiger partial charge in [0.2, 0.25) is 5.91 Å². The Labute approximate surface area is 154 Å². The molecule has 124 valence electrons. The van der Waals surface area contributed by atoms with Gasteiger partial charge in [-0.3, -0.25) is 4.79 Å². The lowest BCUT2D eigenvalue weighted by Crippen LogP contribution is -2.12. The topological polar surface area (TPSA) is 94.7 Å². The number of thioether (sulfide) groups is 1. The number of carbonyl (C=O) groups is 1. The molecule has 0 unspecified atom stereocenters. The summed E-state index contributed by atoms with van der Waals surface area (Å²) < 4.78 is 1.56. The summed E-state index contributed by atoms with van der Waals surface area (Å²) in [5, 5.41) is 10.4. The molecule has 4 rings (SSSR count). The molecule has 1 aliphatic carbocycles. The molecule has 0 saturated heterocycles. The van der Waals surface area contributed by atoms with Gasteiger partial charge in [-0.1, -0.05) is 23.1 Å². The van der Waals surface area contributed by atoms with Crippen molar-refractivity contribution >= 4 is 62.3 Å². The number of carbonyl (C=O) groups excluding carboxylic acids is 1. The fourth-order valence-corrected chi connectivity index (χ4v) is 6.74. The van der Waals surface area contributed by atoms with E-state index >= 15 is 0 Å². The van der Waals surface area contributed by atoms with Crippen LogP contribution in [0.1, 0.15) is 23.3 Å². The molecule has 0 saturated carbocycles. The van der Waals surface area contributed by atoms with Crippen LogP contribution in [0.2, 0.25) is 0 Å². The lowest BCUT2D eigenvalue weighted by Gasteiger charge is -2.10. The number of fused-ring (bicyclic) bond motifs is 3. The highest BCUT2D eigenvalue weighted by Gasteiger charge is 2.21. The summed E-state index contributed by atoms with van der Waals surface area (Å²) in [6, 6.07) is 0. The third-order valence-corrected chi connectivity index (χ3v) is 7.96. The van der Waals surface area contributed by atoms with Gasteiger partial charge in [-0.2, -0.15) is 0 Å². The third-order valence-electron chi connectivity index (χ3n) is 3.63. The second kappa shape index (κ2) is 6.95. The van der Waals surface area contributed by atoms with Crippen molar-refractivity contribution in [2.45, 2.75) is 39.4 Å². The van der Waals surface area contributed by atoms with E-state index < -0.39 is 0 Å². The largest absolute Gasteiger partial charge is 0.369 e. The Balaban J connectivity index is 1.63. The first-order chi connectivity index (χ1) is 11.7. The molecule has 1 aliphatic rings. The highest BCUT2D eigenvalue weighted by molar-refractivity contribution is 8.03. The van der Waals surface area contributed by atoms with E-state index in [0.29, 0.717) is 0 Å².